The molecule has 0 saturated carbocycles. The molecule has 0 radical (unpaired) electrons. The second-order valence-electron chi connectivity index (χ2n) is 6.31. The fourth-order valence-corrected chi connectivity index (χ4v) is 3.09. The lowest BCUT2D eigenvalue weighted by molar-refractivity contribution is -0.143. The summed E-state index contributed by atoms with van der Waals surface area (Å²) in [5, 5.41) is 14.6. The maximum Gasteiger partial charge on any atom is 0.305 e. The number of amides is 2. The predicted molar refractivity (Wildman–Crippen MR) is 92.2 cm³/mol. The molecule has 1 N–H and O–H groups in total. The van der Waals surface area contributed by atoms with Crippen LogP contribution < -0.4 is 0 Å². The normalized spacial score (nSPS) is 20.7. The first-order valence-electron chi connectivity index (χ1n) is 8.57. The highest BCUT2D eigenvalue weighted by molar-refractivity contribution is 6.39. The van der Waals surface area contributed by atoms with Gasteiger partial charge in [-0.15, -0.1) is 0 Å². The smallest absolute Gasteiger partial charge is 0.305 e. The van der Waals surface area contributed by atoms with Crippen LogP contribution in [0.5, 0.6) is 0 Å². The Morgan fingerprint density at radius 1 is 1.23 bits per heavy atom. The Morgan fingerprint density at radius 3 is 2.73 bits per heavy atom. The summed E-state index contributed by atoms with van der Waals surface area (Å²) in [5.41, 5.74) is 1.21. The van der Waals surface area contributed by atoms with E-state index in [-0.39, 0.29) is 43.4 Å². The average Bonchev–Trinajstić information content (AvgIpc) is 2.64. The van der Waals surface area contributed by atoms with Crippen LogP contribution in [0, 0.1) is 0 Å². The van der Waals surface area contributed by atoms with Gasteiger partial charge in [0, 0.05) is 19.4 Å². The van der Waals surface area contributed by atoms with Gasteiger partial charge in [-0.05, 0) is 5.56 Å². The van der Waals surface area contributed by atoms with Gasteiger partial charge in [-0.25, -0.2) is 5.01 Å². The highest BCUT2D eigenvalue weighted by atomic mass is 16.5. The highest BCUT2D eigenvalue weighted by Crippen LogP contribution is 2.18. The number of carboxylic acid groups (broad SMARTS) is 1. The van der Waals surface area contributed by atoms with E-state index >= 15 is 0 Å². The molecule has 0 aliphatic carbocycles. The summed E-state index contributed by atoms with van der Waals surface area (Å²) in [6.07, 6.45) is 0.303. The van der Waals surface area contributed by atoms with Crippen LogP contribution in [-0.4, -0.2) is 64.3 Å². The number of ether oxygens (including phenoxy) is 1. The van der Waals surface area contributed by atoms with Crippen molar-refractivity contribution in [3.63, 3.8) is 0 Å². The number of carbonyl (C=O) groups excluding carboxylic acids is 2. The highest BCUT2D eigenvalue weighted by Gasteiger charge is 2.33. The molecule has 26 heavy (non-hydrogen) atoms. The first-order chi connectivity index (χ1) is 12.5. The molecular weight excluding hydrogens is 338 g/mol. The van der Waals surface area contributed by atoms with E-state index < -0.39 is 12.0 Å². The second-order valence-corrected chi connectivity index (χ2v) is 6.31. The van der Waals surface area contributed by atoms with Crippen molar-refractivity contribution in [3.05, 3.63) is 35.9 Å². The summed E-state index contributed by atoms with van der Waals surface area (Å²) in [7, 11) is 0. The van der Waals surface area contributed by atoms with Gasteiger partial charge in [-0.1, -0.05) is 30.3 Å². The van der Waals surface area contributed by atoms with E-state index in [9.17, 15) is 14.4 Å². The Hall–Kier alpha value is -2.74. The van der Waals surface area contributed by atoms with Crippen molar-refractivity contribution in [2.45, 2.75) is 31.8 Å². The standard InChI is InChI=1S/C18H21N3O5/c22-16-7-6-15(19-21(16)11-13-4-2-1-3-5-13)18(25)20-8-9-26-12-14(20)10-17(23)24/h1-5,14H,6-12H2,(H,23,24). The minimum atomic E-state index is -0.982. The zero-order chi connectivity index (χ0) is 18.5. The monoisotopic (exact) mass is 359 g/mol. The number of hydrogen-bond donors (Lipinski definition) is 1. The van der Waals surface area contributed by atoms with E-state index in [0.717, 1.165) is 5.56 Å². The molecule has 8 nitrogen and oxygen atoms in total. The zero-order valence-corrected chi connectivity index (χ0v) is 14.3. The molecule has 1 fully saturated rings. The van der Waals surface area contributed by atoms with Crippen LogP contribution in [-0.2, 0) is 25.7 Å². The topological polar surface area (TPSA) is 99.5 Å². The van der Waals surface area contributed by atoms with E-state index in [1.165, 1.54) is 9.91 Å². The molecule has 1 saturated heterocycles. The lowest BCUT2D eigenvalue weighted by Crippen LogP contribution is -2.52. The molecule has 0 bridgehead atoms. The van der Waals surface area contributed by atoms with Gasteiger partial charge in [-0.3, -0.25) is 14.4 Å². The molecule has 1 atom stereocenters. The molecule has 0 spiro atoms. The van der Waals surface area contributed by atoms with Crippen LogP contribution in [0.1, 0.15) is 24.8 Å². The molecule has 138 valence electrons. The number of nitrogens with zero attached hydrogens (tertiary/aromatic N) is 3. The SMILES string of the molecule is O=C(O)CC1COCCN1C(=O)C1=NN(Cc2ccccc2)C(=O)CC1. The zero-order valence-electron chi connectivity index (χ0n) is 14.3. The van der Waals surface area contributed by atoms with Crippen molar-refractivity contribution in [2.75, 3.05) is 19.8 Å². The molecule has 3 rings (SSSR count). The summed E-state index contributed by atoms with van der Waals surface area (Å²) in [4.78, 5) is 37.5. The van der Waals surface area contributed by atoms with Crippen molar-refractivity contribution in [3.8, 4) is 0 Å². The third-order valence-electron chi connectivity index (χ3n) is 4.43. The molecule has 2 heterocycles. The lowest BCUT2D eigenvalue weighted by atomic mass is 10.1. The van der Waals surface area contributed by atoms with Crippen LogP contribution in [0.25, 0.3) is 0 Å². The minimum absolute atomic E-state index is 0.130. The Balaban J connectivity index is 1.75. The Labute approximate surface area is 151 Å². The maximum absolute atomic E-state index is 12.9. The molecule has 1 aromatic rings. The number of aliphatic carboxylic acids is 1. The summed E-state index contributed by atoms with van der Waals surface area (Å²) < 4.78 is 5.31. The molecular formula is C18H21N3O5. The molecule has 1 unspecified atom stereocenters. The third-order valence-corrected chi connectivity index (χ3v) is 4.43. The van der Waals surface area contributed by atoms with Gasteiger partial charge < -0.3 is 14.7 Å². The number of carboxylic acids is 1. The van der Waals surface area contributed by atoms with Gasteiger partial charge in [0.25, 0.3) is 5.91 Å². The van der Waals surface area contributed by atoms with E-state index in [1.54, 1.807) is 0 Å². The number of hydrogen-bond acceptors (Lipinski definition) is 5. The van der Waals surface area contributed by atoms with Crippen molar-refractivity contribution in [1.29, 1.82) is 0 Å². The fraction of sp³-hybridized carbons (Fsp3) is 0.444. The van der Waals surface area contributed by atoms with Gasteiger partial charge in [-0.2, -0.15) is 5.10 Å². The Bertz CT molecular complexity index is 719. The number of hydrazone groups is 1. The van der Waals surface area contributed by atoms with Gasteiger partial charge in [0.1, 0.15) is 5.71 Å². The fourth-order valence-electron chi connectivity index (χ4n) is 3.09. The number of rotatable bonds is 5. The number of benzene rings is 1. The van der Waals surface area contributed by atoms with E-state index in [1.807, 2.05) is 30.3 Å². The van der Waals surface area contributed by atoms with Crippen molar-refractivity contribution in [2.24, 2.45) is 5.10 Å². The molecule has 8 heteroatoms. The molecule has 2 aliphatic heterocycles. The summed E-state index contributed by atoms with van der Waals surface area (Å²) in [5.74, 6) is -1.43. The first-order valence-corrected chi connectivity index (χ1v) is 8.57. The molecule has 2 amide bonds. The van der Waals surface area contributed by atoms with Crippen LogP contribution in [0.2, 0.25) is 0 Å². The van der Waals surface area contributed by atoms with E-state index in [2.05, 4.69) is 5.10 Å². The van der Waals surface area contributed by atoms with E-state index in [0.29, 0.717) is 19.7 Å². The Morgan fingerprint density at radius 2 is 2.00 bits per heavy atom. The van der Waals surface area contributed by atoms with Gasteiger partial charge >= 0.3 is 5.97 Å². The predicted octanol–water partition coefficient (Wildman–Crippen LogP) is 0.867. The largest absolute Gasteiger partial charge is 0.481 e. The van der Waals surface area contributed by atoms with Crippen LogP contribution in [0.15, 0.2) is 35.4 Å². The maximum atomic E-state index is 12.9. The van der Waals surface area contributed by atoms with Gasteiger partial charge in [0.15, 0.2) is 0 Å². The number of morpholine rings is 1. The van der Waals surface area contributed by atoms with Crippen molar-refractivity contribution in [1.82, 2.24) is 9.91 Å². The first kappa shape index (κ1) is 18.1. The summed E-state index contributed by atoms with van der Waals surface area (Å²) >= 11 is 0. The lowest BCUT2D eigenvalue weighted by Gasteiger charge is -2.36. The van der Waals surface area contributed by atoms with Crippen LogP contribution in [0.3, 0.4) is 0 Å². The molecule has 2 aliphatic rings. The van der Waals surface area contributed by atoms with Crippen LogP contribution >= 0.6 is 0 Å². The quantitative estimate of drug-likeness (QED) is 0.841. The minimum Gasteiger partial charge on any atom is -0.481 e. The summed E-state index contributed by atoms with van der Waals surface area (Å²) in [6.45, 7) is 1.18. The van der Waals surface area contributed by atoms with Gasteiger partial charge in [0.2, 0.25) is 5.91 Å². The molecule has 0 aromatic heterocycles. The number of carbonyl (C=O) groups is 3. The summed E-state index contributed by atoms with van der Waals surface area (Å²) in [6, 6.07) is 8.92. The van der Waals surface area contributed by atoms with E-state index in [4.69, 9.17) is 9.84 Å². The molecule has 1 aromatic carbocycles. The Kier molecular flexibility index (Phi) is 5.62. The van der Waals surface area contributed by atoms with Crippen molar-refractivity contribution < 1.29 is 24.2 Å². The van der Waals surface area contributed by atoms with Crippen molar-refractivity contribution >= 4 is 23.5 Å². The average molecular weight is 359 g/mol. The van der Waals surface area contributed by atoms with Crippen LogP contribution in [0.4, 0.5) is 0 Å². The van der Waals surface area contributed by atoms with Gasteiger partial charge in [0.05, 0.1) is 32.2 Å². The second kappa shape index (κ2) is 8.09. The third kappa shape index (κ3) is 4.26.